The van der Waals surface area contributed by atoms with Crippen LogP contribution in [0.5, 0.6) is 0 Å². The van der Waals surface area contributed by atoms with Crippen molar-refractivity contribution in [1.82, 2.24) is 5.32 Å². The first-order chi connectivity index (χ1) is 7.40. The van der Waals surface area contributed by atoms with Gasteiger partial charge in [0.25, 0.3) is 0 Å². The Morgan fingerprint density at radius 2 is 2.00 bits per heavy atom. The number of carboxylic acids is 1. The van der Waals surface area contributed by atoms with Gasteiger partial charge in [0.1, 0.15) is 6.04 Å². The van der Waals surface area contributed by atoms with Crippen LogP contribution in [-0.2, 0) is 14.3 Å². The monoisotopic (exact) mass is 255 g/mol. The third kappa shape index (κ3) is 7.38. The molecule has 94 valence electrons. The van der Waals surface area contributed by atoms with E-state index in [1.807, 2.05) is 0 Å². The average molecular weight is 255 g/mol. The van der Waals surface area contributed by atoms with Crippen molar-refractivity contribution in [3.8, 4) is 0 Å². The van der Waals surface area contributed by atoms with Crippen molar-refractivity contribution in [1.29, 1.82) is 0 Å². The topological polar surface area (TPSA) is 95.9 Å². The fourth-order valence-electron chi connectivity index (χ4n) is 0.936. The van der Waals surface area contributed by atoms with E-state index in [4.69, 9.17) is 14.9 Å². The second-order valence-electron chi connectivity index (χ2n) is 3.27. The molecule has 0 aromatic heterocycles. The quantitative estimate of drug-likeness (QED) is 0.327. The van der Waals surface area contributed by atoms with E-state index >= 15 is 0 Å². The molecule has 0 amide bonds. The molecule has 2 atom stereocenters. The molecule has 0 unspecified atom stereocenters. The Bertz CT molecular complexity index is 290. The molecule has 3 N–H and O–H groups in total. The maximum atomic E-state index is 11.2. The number of nitrogens with one attached hydrogen (secondary N) is 1. The summed E-state index contributed by atoms with van der Waals surface area (Å²) in [7, 11) is 0. The van der Waals surface area contributed by atoms with Crippen LogP contribution in [0.2, 0.25) is 0 Å². The number of aliphatic carboxylic acids is 1. The van der Waals surface area contributed by atoms with Crippen LogP contribution in [0.25, 0.3) is 0 Å². The maximum absolute atomic E-state index is 11.2. The van der Waals surface area contributed by atoms with Crippen molar-refractivity contribution < 1.29 is 24.5 Å². The molecule has 0 bridgehead atoms. The van der Waals surface area contributed by atoms with E-state index in [1.165, 1.54) is 20.0 Å². The molecule has 0 heterocycles. The van der Waals surface area contributed by atoms with Crippen LogP contribution in [0.15, 0.2) is 11.8 Å². The van der Waals surface area contributed by atoms with E-state index in [0.717, 1.165) is 0 Å². The molecule has 0 aromatic rings. The van der Waals surface area contributed by atoms with Crippen molar-refractivity contribution in [2.24, 2.45) is 0 Å². The molecule has 0 aliphatic carbocycles. The summed E-state index contributed by atoms with van der Waals surface area (Å²) in [5.74, 6) is -1.72. The average Bonchev–Trinajstić information content (AvgIpc) is 2.16. The Balaban J connectivity index is 0. The van der Waals surface area contributed by atoms with Crippen LogP contribution in [0.1, 0.15) is 20.8 Å². The summed E-state index contributed by atoms with van der Waals surface area (Å²) in [4.78, 5) is 21.8. The van der Waals surface area contributed by atoms with Gasteiger partial charge in [-0.2, -0.15) is 0 Å². The number of esters is 1. The third-order valence-corrected chi connectivity index (χ3v) is 1.83. The SMILES string of the molecule is CCOC(=O)C(C)=CN[C@H](C(=O)O)[C@@H](C)O.[NaH]. The zero-order valence-corrected chi connectivity index (χ0v) is 9.56. The van der Waals surface area contributed by atoms with Gasteiger partial charge < -0.3 is 20.3 Å². The first-order valence-corrected chi connectivity index (χ1v) is 4.91. The van der Waals surface area contributed by atoms with Crippen LogP contribution in [0.3, 0.4) is 0 Å². The molecule has 0 spiro atoms. The van der Waals surface area contributed by atoms with Gasteiger partial charge in [0, 0.05) is 11.8 Å². The number of hydrogen-bond donors (Lipinski definition) is 3. The molecule has 7 heteroatoms. The zero-order valence-electron chi connectivity index (χ0n) is 9.56. The number of aliphatic hydroxyl groups is 1. The fraction of sp³-hybridized carbons (Fsp3) is 0.600. The number of hydrogen-bond acceptors (Lipinski definition) is 5. The van der Waals surface area contributed by atoms with Crippen LogP contribution >= 0.6 is 0 Å². The van der Waals surface area contributed by atoms with E-state index in [0.29, 0.717) is 0 Å². The normalized spacial score (nSPS) is 14.2. The number of carboxylic acid groups (broad SMARTS) is 1. The Kier molecular flexibility index (Phi) is 10.5. The van der Waals surface area contributed by atoms with E-state index in [9.17, 15) is 9.59 Å². The molecule has 6 nitrogen and oxygen atoms in total. The Hall–Kier alpha value is -0.560. The van der Waals surface area contributed by atoms with Gasteiger partial charge in [-0.25, -0.2) is 9.59 Å². The van der Waals surface area contributed by atoms with Gasteiger partial charge in [0.05, 0.1) is 12.7 Å². The van der Waals surface area contributed by atoms with E-state index in [-0.39, 0.29) is 41.7 Å². The van der Waals surface area contributed by atoms with E-state index in [2.05, 4.69) is 5.32 Å². The minimum atomic E-state index is -1.19. The summed E-state index contributed by atoms with van der Waals surface area (Å²) in [6, 6.07) is -1.15. The fourth-order valence-corrected chi connectivity index (χ4v) is 0.936. The minimum absolute atomic E-state index is 0. The molecule has 17 heavy (non-hydrogen) atoms. The second kappa shape index (κ2) is 9.47. The van der Waals surface area contributed by atoms with Gasteiger partial charge in [0.2, 0.25) is 0 Å². The standard InChI is InChI=1S/C10H17NO5.Na.H/c1-4-16-10(15)6(2)5-11-8(7(3)12)9(13)14;;/h5,7-8,11-12H,4H2,1-3H3,(H,13,14);;/t7-,8+;;/m1../s1. The van der Waals surface area contributed by atoms with Gasteiger partial charge >= 0.3 is 41.5 Å². The van der Waals surface area contributed by atoms with Crippen LogP contribution < -0.4 is 5.32 Å². The van der Waals surface area contributed by atoms with Crippen molar-refractivity contribution in [3.05, 3.63) is 11.8 Å². The first-order valence-electron chi connectivity index (χ1n) is 4.91. The van der Waals surface area contributed by atoms with Crippen molar-refractivity contribution in [3.63, 3.8) is 0 Å². The van der Waals surface area contributed by atoms with Crippen LogP contribution in [-0.4, -0.2) is 70.5 Å². The first kappa shape index (κ1) is 18.8. The molecular weight excluding hydrogens is 237 g/mol. The zero-order chi connectivity index (χ0) is 12.7. The molecule has 0 radical (unpaired) electrons. The van der Waals surface area contributed by atoms with Crippen molar-refractivity contribution in [2.75, 3.05) is 6.61 Å². The predicted octanol–water partition coefficient (Wildman–Crippen LogP) is -0.772. The summed E-state index contributed by atoms with van der Waals surface area (Å²) in [6.45, 7) is 4.77. The molecule has 0 aliphatic heterocycles. The second-order valence-corrected chi connectivity index (χ2v) is 3.27. The van der Waals surface area contributed by atoms with Gasteiger partial charge in [-0.1, -0.05) is 0 Å². The van der Waals surface area contributed by atoms with Crippen molar-refractivity contribution in [2.45, 2.75) is 32.9 Å². The summed E-state index contributed by atoms with van der Waals surface area (Å²) >= 11 is 0. The molecule has 0 saturated heterocycles. The van der Waals surface area contributed by atoms with E-state index < -0.39 is 24.1 Å². The third-order valence-electron chi connectivity index (χ3n) is 1.83. The van der Waals surface area contributed by atoms with Crippen molar-refractivity contribution >= 4 is 41.5 Å². The Morgan fingerprint density at radius 3 is 2.35 bits per heavy atom. The van der Waals surface area contributed by atoms with Gasteiger partial charge in [-0.15, -0.1) is 0 Å². The predicted molar refractivity (Wildman–Crippen MR) is 63.8 cm³/mol. The molecular formula is C10H18NNaO5. The van der Waals surface area contributed by atoms with Gasteiger partial charge in [0.15, 0.2) is 0 Å². The number of aliphatic hydroxyl groups excluding tert-OH is 1. The van der Waals surface area contributed by atoms with Gasteiger partial charge in [-0.05, 0) is 20.8 Å². The van der Waals surface area contributed by atoms with E-state index in [1.54, 1.807) is 6.92 Å². The summed E-state index contributed by atoms with van der Waals surface area (Å²) in [6.07, 6.45) is 0.160. The van der Waals surface area contributed by atoms with Crippen LogP contribution in [0.4, 0.5) is 0 Å². The van der Waals surface area contributed by atoms with Crippen LogP contribution in [0, 0.1) is 0 Å². The molecule has 0 aromatic carbocycles. The number of ether oxygens (including phenoxy) is 1. The number of carbonyl (C=O) groups excluding carboxylic acids is 1. The number of rotatable bonds is 6. The summed E-state index contributed by atoms with van der Waals surface area (Å²) < 4.78 is 4.70. The summed E-state index contributed by atoms with van der Waals surface area (Å²) in [5.41, 5.74) is 0.244. The molecule has 0 rings (SSSR count). The summed E-state index contributed by atoms with van der Waals surface area (Å²) in [5, 5.41) is 20.3. The number of carbonyl (C=O) groups is 2. The molecule has 0 aliphatic rings. The van der Waals surface area contributed by atoms with Gasteiger partial charge in [-0.3, -0.25) is 0 Å². The Morgan fingerprint density at radius 1 is 1.47 bits per heavy atom. The molecule has 0 saturated carbocycles. The Labute approximate surface area is 122 Å². The molecule has 0 fully saturated rings.